The van der Waals surface area contributed by atoms with Gasteiger partial charge >= 0.3 is 0 Å². The second-order valence-electron chi connectivity index (χ2n) is 8.87. The van der Waals surface area contributed by atoms with Gasteiger partial charge in [0.1, 0.15) is 22.6 Å². The maximum atomic E-state index is 14.5. The molecule has 184 valence electrons. The highest BCUT2D eigenvalue weighted by Crippen LogP contribution is 2.28. The third-order valence-electron chi connectivity index (χ3n) is 6.51. The van der Waals surface area contributed by atoms with E-state index in [-0.39, 0.29) is 17.6 Å². The van der Waals surface area contributed by atoms with E-state index in [1.54, 1.807) is 0 Å². The van der Waals surface area contributed by atoms with E-state index in [4.69, 9.17) is 0 Å². The first-order chi connectivity index (χ1) is 16.2. The Labute approximate surface area is 198 Å². The molecule has 2 saturated heterocycles. The number of carbonyl (C=O) groups is 1. The minimum Gasteiger partial charge on any atom is -0.371 e. The van der Waals surface area contributed by atoms with Crippen LogP contribution in [0.1, 0.15) is 38.2 Å². The Balaban J connectivity index is 1.40. The first kappa shape index (κ1) is 24.3. The van der Waals surface area contributed by atoms with Gasteiger partial charge in [-0.3, -0.25) is 4.79 Å². The summed E-state index contributed by atoms with van der Waals surface area (Å²) >= 11 is 0. The van der Waals surface area contributed by atoms with Crippen LogP contribution in [0.2, 0.25) is 0 Å². The predicted molar refractivity (Wildman–Crippen MR) is 124 cm³/mol. The maximum Gasteiger partial charge on any atom is 0.245 e. The number of aryl methyl sites for hydroxylation is 1. The quantitative estimate of drug-likeness (QED) is 0.661. The number of sulfone groups is 1. The molecule has 0 radical (unpaired) electrons. The summed E-state index contributed by atoms with van der Waals surface area (Å²) in [5, 5.41) is 2.80. The molecule has 2 aliphatic rings. The average Bonchev–Trinajstić information content (AvgIpc) is 2.82. The summed E-state index contributed by atoms with van der Waals surface area (Å²) in [7, 11) is -3.90. The predicted octanol–water partition coefficient (Wildman–Crippen LogP) is 2.79. The molecule has 1 amide bonds. The van der Waals surface area contributed by atoms with E-state index < -0.39 is 32.4 Å². The standard InChI is InChI=1S/C23H29F2N5O3S/c1-3-15-13-26-23(27-14-15)29-9-6-16(7-10-29)30-8-4-5-19(22(30)31)28-20-11-18(25)21(12-17(20)24)34(2,32)33/h11-14,16,19,28H,3-10H2,1-2H3/t19-/m1/s1. The number of likely N-dealkylation sites (tertiary alicyclic amines) is 1. The number of amides is 1. The van der Waals surface area contributed by atoms with Crippen LogP contribution in [0.4, 0.5) is 20.4 Å². The highest BCUT2D eigenvalue weighted by Gasteiger charge is 2.35. The molecule has 1 aromatic heterocycles. The van der Waals surface area contributed by atoms with Gasteiger partial charge in [-0.15, -0.1) is 0 Å². The largest absolute Gasteiger partial charge is 0.371 e. The van der Waals surface area contributed by atoms with Crippen LogP contribution < -0.4 is 10.2 Å². The van der Waals surface area contributed by atoms with E-state index in [9.17, 15) is 22.0 Å². The van der Waals surface area contributed by atoms with Gasteiger partial charge < -0.3 is 15.1 Å². The summed E-state index contributed by atoms with van der Waals surface area (Å²) in [6.07, 6.45) is 8.13. The van der Waals surface area contributed by atoms with Crippen molar-refractivity contribution in [2.75, 3.05) is 36.1 Å². The molecule has 1 atom stereocenters. The van der Waals surface area contributed by atoms with Crippen LogP contribution in [-0.2, 0) is 21.1 Å². The Morgan fingerprint density at radius 1 is 1.06 bits per heavy atom. The minimum atomic E-state index is -3.90. The topological polar surface area (TPSA) is 95.5 Å². The molecule has 1 aromatic carbocycles. The lowest BCUT2D eigenvalue weighted by Gasteiger charge is -2.42. The summed E-state index contributed by atoms with van der Waals surface area (Å²) in [6, 6.07) is 0.815. The van der Waals surface area contributed by atoms with Gasteiger partial charge in [0.25, 0.3) is 0 Å². The summed E-state index contributed by atoms with van der Waals surface area (Å²) < 4.78 is 52.0. The lowest BCUT2D eigenvalue weighted by atomic mass is 9.97. The fourth-order valence-corrected chi connectivity index (χ4v) is 5.31. The average molecular weight is 494 g/mol. The van der Waals surface area contributed by atoms with Gasteiger partial charge in [0.2, 0.25) is 11.9 Å². The number of rotatable bonds is 6. The molecule has 2 aliphatic heterocycles. The number of hydrogen-bond donors (Lipinski definition) is 1. The zero-order valence-electron chi connectivity index (χ0n) is 19.3. The maximum absolute atomic E-state index is 14.5. The summed E-state index contributed by atoms with van der Waals surface area (Å²) in [4.78, 5) is 25.3. The number of carbonyl (C=O) groups excluding carboxylic acids is 1. The van der Waals surface area contributed by atoms with Gasteiger partial charge in [0.05, 0.1) is 5.69 Å². The number of benzene rings is 1. The number of halogens is 2. The Morgan fingerprint density at radius 3 is 2.35 bits per heavy atom. The van der Waals surface area contributed by atoms with Gasteiger partial charge in [-0.1, -0.05) is 6.92 Å². The van der Waals surface area contributed by atoms with Crippen LogP contribution in [-0.4, -0.2) is 67.2 Å². The van der Waals surface area contributed by atoms with Crippen LogP contribution in [0.5, 0.6) is 0 Å². The lowest BCUT2D eigenvalue weighted by Crippen LogP contribution is -2.54. The van der Waals surface area contributed by atoms with Crippen molar-refractivity contribution < 1.29 is 22.0 Å². The highest BCUT2D eigenvalue weighted by molar-refractivity contribution is 7.90. The van der Waals surface area contributed by atoms with Crippen LogP contribution in [0.3, 0.4) is 0 Å². The normalized spacial score (nSPS) is 20.0. The van der Waals surface area contributed by atoms with Gasteiger partial charge in [-0.05, 0) is 43.7 Å². The second kappa shape index (κ2) is 9.81. The third-order valence-corrected chi connectivity index (χ3v) is 7.62. The number of nitrogens with zero attached hydrogens (tertiary/aromatic N) is 4. The molecule has 0 spiro atoms. The molecule has 0 aliphatic carbocycles. The molecule has 0 saturated carbocycles. The van der Waals surface area contributed by atoms with Crippen molar-refractivity contribution in [3.8, 4) is 0 Å². The summed E-state index contributed by atoms with van der Waals surface area (Å²) in [5.41, 5.74) is 0.867. The van der Waals surface area contributed by atoms with Crippen LogP contribution >= 0.6 is 0 Å². The molecular weight excluding hydrogens is 464 g/mol. The van der Waals surface area contributed by atoms with Gasteiger partial charge in [0, 0.05) is 50.4 Å². The molecular formula is C23H29F2N5O3S. The number of aromatic nitrogens is 2. The summed E-state index contributed by atoms with van der Waals surface area (Å²) in [5.74, 6) is -1.42. The van der Waals surface area contributed by atoms with Crippen molar-refractivity contribution in [1.82, 2.24) is 14.9 Å². The van der Waals surface area contributed by atoms with Crippen LogP contribution in [0.25, 0.3) is 0 Å². The number of anilines is 2. The first-order valence-electron chi connectivity index (χ1n) is 11.5. The van der Waals surface area contributed by atoms with E-state index in [1.165, 1.54) is 0 Å². The molecule has 1 N–H and O–H groups in total. The third kappa shape index (κ3) is 5.13. The fraction of sp³-hybridized carbons (Fsp3) is 0.522. The molecule has 0 unspecified atom stereocenters. The number of nitrogens with one attached hydrogen (secondary N) is 1. The number of piperidine rings is 2. The van der Waals surface area contributed by atoms with E-state index in [2.05, 4.69) is 27.1 Å². The Bertz CT molecular complexity index is 1150. The fourth-order valence-electron chi connectivity index (χ4n) is 4.58. The van der Waals surface area contributed by atoms with Crippen molar-refractivity contribution in [2.45, 2.75) is 56.0 Å². The molecule has 34 heavy (non-hydrogen) atoms. The molecule has 3 heterocycles. The van der Waals surface area contributed by atoms with E-state index in [1.807, 2.05) is 17.3 Å². The minimum absolute atomic E-state index is 0.0532. The van der Waals surface area contributed by atoms with E-state index in [0.29, 0.717) is 25.0 Å². The molecule has 2 aromatic rings. The monoisotopic (exact) mass is 493 g/mol. The van der Waals surface area contributed by atoms with E-state index >= 15 is 0 Å². The van der Waals surface area contributed by atoms with Gasteiger partial charge in [-0.2, -0.15) is 0 Å². The van der Waals surface area contributed by atoms with Crippen molar-refractivity contribution in [1.29, 1.82) is 0 Å². The Kier molecular flexibility index (Phi) is 7.01. The summed E-state index contributed by atoms with van der Waals surface area (Å²) in [6.45, 7) is 4.12. The highest BCUT2D eigenvalue weighted by atomic mass is 32.2. The smallest absolute Gasteiger partial charge is 0.245 e. The van der Waals surface area contributed by atoms with Crippen molar-refractivity contribution in [3.63, 3.8) is 0 Å². The Morgan fingerprint density at radius 2 is 1.74 bits per heavy atom. The van der Waals surface area contributed by atoms with Gasteiger partial charge in [-0.25, -0.2) is 27.2 Å². The van der Waals surface area contributed by atoms with Crippen molar-refractivity contribution in [3.05, 3.63) is 41.7 Å². The van der Waals surface area contributed by atoms with E-state index in [0.717, 1.165) is 56.7 Å². The number of hydrogen-bond acceptors (Lipinski definition) is 7. The molecule has 4 rings (SSSR count). The molecule has 11 heteroatoms. The van der Waals surface area contributed by atoms with Crippen molar-refractivity contribution >= 4 is 27.4 Å². The molecule has 8 nitrogen and oxygen atoms in total. The van der Waals surface area contributed by atoms with Crippen molar-refractivity contribution in [2.24, 2.45) is 0 Å². The SMILES string of the molecule is CCc1cnc(N2CCC(N3CCC[C@@H](Nc4cc(F)c(S(C)(=O)=O)cc4F)C3=O)CC2)nc1. The molecule has 0 bridgehead atoms. The van der Waals surface area contributed by atoms with Crippen LogP contribution in [0.15, 0.2) is 29.4 Å². The van der Waals surface area contributed by atoms with Gasteiger partial charge in [0.15, 0.2) is 9.84 Å². The first-order valence-corrected chi connectivity index (χ1v) is 13.4. The lowest BCUT2D eigenvalue weighted by molar-refractivity contribution is -0.137. The second-order valence-corrected chi connectivity index (χ2v) is 10.9. The zero-order chi connectivity index (χ0) is 24.5. The van der Waals surface area contributed by atoms with Crippen LogP contribution in [0, 0.1) is 11.6 Å². The molecule has 2 fully saturated rings. The Hall–Kier alpha value is -2.82. The zero-order valence-corrected chi connectivity index (χ0v) is 20.1.